The molecule has 0 radical (unpaired) electrons. The smallest absolute Gasteiger partial charge is 0.281 e. The molecule has 0 aliphatic carbocycles. The van der Waals surface area contributed by atoms with Gasteiger partial charge in [0.2, 0.25) is 5.12 Å². The summed E-state index contributed by atoms with van der Waals surface area (Å²) in [6.45, 7) is 0. The highest BCUT2D eigenvalue weighted by molar-refractivity contribution is 8.14. The Morgan fingerprint density at radius 2 is 1.94 bits per heavy atom. The van der Waals surface area contributed by atoms with Gasteiger partial charge in [-0.1, -0.05) is 18.2 Å². The molecule has 1 aromatic carbocycles. The molecule has 2 rings (SSSR count). The van der Waals surface area contributed by atoms with Crippen LogP contribution in [0.5, 0.6) is 0 Å². The van der Waals surface area contributed by atoms with Gasteiger partial charge in [0.25, 0.3) is 0 Å². The van der Waals surface area contributed by atoms with Crippen molar-refractivity contribution in [2.45, 2.75) is 5.51 Å². The quantitative estimate of drug-likeness (QED) is 0.762. The van der Waals surface area contributed by atoms with Gasteiger partial charge in [-0.2, -0.15) is 13.2 Å². The van der Waals surface area contributed by atoms with E-state index in [1.165, 1.54) is 16.7 Å². The highest BCUT2D eigenvalue weighted by Gasteiger charge is 2.33. The lowest BCUT2D eigenvalue weighted by molar-refractivity contribution is -0.0322. The van der Waals surface area contributed by atoms with E-state index in [4.69, 9.17) is 0 Å². The maximum Gasteiger partial charge on any atom is 0.449 e. The molecule has 84 valence electrons. The predicted octanol–water partition coefficient (Wildman–Crippen LogP) is 4.29. The number of fused-ring (bicyclic) bond motifs is 1. The van der Waals surface area contributed by atoms with Gasteiger partial charge in [0.1, 0.15) is 0 Å². The van der Waals surface area contributed by atoms with E-state index in [2.05, 4.69) is 0 Å². The lowest BCUT2D eigenvalue weighted by Gasteiger charge is -2.02. The Balaban J connectivity index is 2.37. The van der Waals surface area contributed by atoms with Crippen LogP contribution in [0.1, 0.15) is 10.4 Å². The molecule has 0 saturated carbocycles. The van der Waals surface area contributed by atoms with Crippen LogP contribution < -0.4 is 0 Å². The van der Waals surface area contributed by atoms with Crippen molar-refractivity contribution >= 4 is 38.3 Å². The van der Waals surface area contributed by atoms with Crippen LogP contribution in [0.4, 0.5) is 13.2 Å². The lowest BCUT2D eigenvalue weighted by Crippen LogP contribution is -2.06. The van der Waals surface area contributed by atoms with E-state index in [0.29, 0.717) is 5.39 Å². The van der Waals surface area contributed by atoms with Crippen LogP contribution in [-0.4, -0.2) is 10.6 Å². The fourth-order valence-electron chi connectivity index (χ4n) is 1.30. The average molecular weight is 262 g/mol. The van der Waals surface area contributed by atoms with Crippen molar-refractivity contribution in [2.24, 2.45) is 0 Å². The molecule has 1 heterocycles. The molecular formula is C10H5F3OS2. The van der Waals surface area contributed by atoms with Gasteiger partial charge in [-0.3, -0.25) is 4.79 Å². The third-order valence-corrected chi connectivity index (χ3v) is 3.51. The molecule has 0 amide bonds. The first-order valence-corrected chi connectivity index (χ1v) is 5.93. The number of benzene rings is 1. The lowest BCUT2D eigenvalue weighted by atomic mass is 10.2. The van der Waals surface area contributed by atoms with Crippen molar-refractivity contribution in [3.8, 4) is 0 Å². The Labute approximate surface area is 97.3 Å². The standard InChI is InChI=1S/C10H5F3OS2/c11-10(12,13)16-9(14)7-5-15-8-4-2-1-3-6(7)8/h1-5H. The first-order valence-electron chi connectivity index (χ1n) is 4.24. The van der Waals surface area contributed by atoms with Crippen LogP contribution in [0.25, 0.3) is 10.1 Å². The number of thioether (sulfide) groups is 1. The molecule has 0 spiro atoms. The number of alkyl halides is 3. The monoisotopic (exact) mass is 262 g/mol. The van der Waals surface area contributed by atoms with Crippen molar-refractivity contribution in [1.29, 1.82) is 0 Å². The maximum atomic E-state index is 12.0. The molecule has 0 bridgehead atoms. The summed E-state index contributed by atoms with van der Waals surface area (Å²) in [5, 5.41) is 1.09. The number of hydrogen-bond donors (Lipinski definition) is 0. The maximum absolute atomic E-state index is 12.0. The topological polar surface area (TPSA) is 17.1 Å². The molecule has 0 atom stereocenters. The van der Waals surface area contributed by atoms with Crippen molar-refractivity contribution in [2.75, 3.05) is 0 Å². The highest BCUT2D eigenvalue weighted by Crippen LogP contribution is 2.36. The molecule has 0 saturated heterocycles. The van der Waals surface area contributed by atoms with Gasteiger partial charge in [-0.05, 0) is 6.07 Å². The first-order chi connectivity index (χ1) is 7.47. The molecule has 1 nitrogen and oxygen atoms in total. The number of rotatable bonds is 1. The second-order valence-corrected chi connectivity index (χ2v) is 4.93. The molecule has 2 aromatic rings. The van der Waals surface area contributed by atoms with Crippen LogP contribution in [-0.2, 0) is 0 Å². The average Bonchev–Trinajstić information content (AvgIpc) is 2.58. The predicted molar refractivity (Wildman–Crippen MR) is 59.8 cm³/mol. The number of hydrogen-bond acceptors (Lipinski definition) is 3. The van der Waals surface area contributed by atoms with Crippen molar-refractivity contribution in [1.82, 2.24) is 0 Å². The minimum Gasteiger partial charge on any atom is -0.281 e. The van der Waals surface area contributed by atoms with Gasteiger partial charge in [0.15, 0.2) is 0 Å². The Morgan fingerprint density at radius 3 is 2.62 bits per heavy atom. The summed E-state index contributed by atoms with van der Waals surface area (Å²) in [6.07, 6.45) is 0. The molecule has 16 heavy (non-hydrogen) atoms. The van der Waals surface area contributed by atoms with Gasteiger partial charge < -0.3 is 0 Å². The fraction of sp³-hybridized carbons (Fsp3) is 0.100. The molecule has 0 aliphatic rings. The molecule has 0 unspecified atom stereocenters. The van der Waals surface area contributed by atoms with Crippen LogP contribution in [0.15, 0.2) is 29.6 Å². The van der Waals surface area contributed by atoms with Crippen LogP contribution in [0, 0.1) is 0 Å². The third kappa shape index (κ3) is 2.38. The Kier molecular flexibility index (Phi) is 2.94. The van der Waals surface area contributed by atoms with Crippen LogP contribution >= 0.6 is 23.1 Å². The number of thiophene rings is 1. The summed E-state index contributed by atoms with van der Waals surface area (Å²) in [5.74, 6) is 0. The summed E-state index contributed by atoms with van der Waals surface area (Å²) >= 11 is 0.664. The molecule has 0 N–H and O–H groups in total. The second kappa shape index (κ2) is 4.10. The van der Waals surface area contributed by atoms with Gasteiger partial charge in [0.05, 0.1) is 0 Å². The number of carbonyl (C=O) groups is 1. The summed E-state index contributed by atoms with van der Waals surface area (Å²) in [5.41, 5.74) is -4.40. The van der Waals surface area contributed by atoms with E-state index >= 15 is 0 Å². The zero-order valence-corrected chi connectivity index (χ0v) is 9.38. The minimum absolute atomic E-state index is 0.128. The fourth-order valence-corrected chi connectivity index (χ4v) is 2.80. The number of halogens is 3. The van der Waals surface area contributed by atoms with Crippen molar-refractivity contribution in [3.63, 3.8) is 0 Å². The Bertz CT molecular complexity index is 530. The molecular weight excluding hydrogens is 257 g/mol. The van der Waals surface area contributed by atoms with Gasteiger partial charge in [0, 0.05) is 32.8 Å². The zero-order valence-electron chi connectivity index (χ0n) is 7.75. The highest BCUT2D eigenvalue weighted by atomic mass is 32.2. The van der Waals surface area contributed by atoms with E-state index in [-0.39, 0.29) is 5.56 Å². The largest absolute Gasteiger partial charge is 0.449 e. The zero-order chi connectivity index (χ0) is 11.8. The van der Waals surface area contributed by atoms with E-state index in [0.717, 1.165) is 4.70 Å². The molecule has 1 aromatic heterocycles. The van der Waals surface area contributed by atoms with E-state index < -0.39 is 22.4 Å². The number of carbonyl (C=O) groups excluding carboxylic acids is 1. The van der Waals surface area contributed by atoms with E-state index in [1.807, 2.05) is 0 Å². The van der Waals surface area contributed by atoms with Gasteiger partial charge in [-0.25, -0.2) is 0 Å². The van der Waals surface area contributed by atoms with Crippen molar-refractivity contribution < 1.29 is 18.0 Å². The molecule has 0 aliphatic heterocycles. The van der Waals surface area contributed by atoms with Crippen LogP contribution in [0.3, 0.4) is 0 Å². The summed E-state index contributed by atoms with van der Waals surface area (Å²) in [4.78, 5) is 11.4. The minimum atomic E-state index is -4.53. The van der Waals surface area contributed by atoms with E-state index in [1.54, 1.807) is 24.3 Å². The summed E-state index contributed by atoms with van der Waals surface area (Å²) < 4.78 is 36.9. The summed E-state index contributed by atoms with van der Waals surface area (Å²) in [7, 11) is 0. The second-order valence-electron chi connectivity index (χ2n) is 2.98. The molecule has 6 heteroatoms. The molecule has 0 fully saturated rings. The van der Waals surface area contributed by atoms with Crippen molar-refractivity contribution in [3.05, 3.63) is 35.2 Å². The normalized spacial score (nSPS) is 11.9. The first kappa shape index (κ1) is 11.5. The SMILES string of the molecule is O=C(SC(F)(F)F)c1csc2ccccc12. The van der Waals surface area contributed by atoms with Crippen LogP contribution in [0.2, 0.25) is 0 Å². The Morgan fingerprint density at radius 1 is 1.25 bits per heavy atom. The summed E-state index contributed by atoms with van der Waals surface area (Å²) in [6, 6.07) is 6.90. The van der Waals surface area contributed by atoms with E-state index in [9.17, 15) is 18.0 Å². The van der Waals surface area contributed by atoms with Gasteiger partial charge >= 0.3 is 5.51 Å². The van der Waals surface area contributed by atoms with Gasteiger partial charge in [-0.15, -0.1) is 11.3 Å². The Hall–Kier alpha value is -1.01. The third-order valence-electron chi connectivity index (χ3n) is 1.91.